The van der Waals surface area contributed by atoms with Gasteiger partial charge in [-0.15, -0.1) is 0 Å². The van der Waals surface area contributed by atoms with Crippen molar-refractivity contribution in [2.75, 3.05) is 24.6 Å². The second-order valence-corrected chi connectivity index (χ2v) is 34.4. The normalized spacial score (nSPS) is 12.5. The molecule has 0 unspecified atom stereocenters. The summed E-state index contributed by atoms with van der Waals surface area (Å²) < 4.78 is 44.6. The molecule has 2 aliphatic heterocycles. The van der Waals surface area contributed by atoms with E-state index in [4.69, 9.17) is 46.2 Å². The Balaban J connectivity index is 0.000000108. The first-order valence-electron chi connectivity index (χ1n) is 45.3. The zero-order valence-electron chi connectivity index (χ0n) is 75.3. The average molecular weight is 1800 g/mol. The van der Waals surface area contributed by atoms with Gasteiger partial charge in [0.2, 0.25) is 0 Å². The van der Waals surface area contributed by atoms with Crippen molar-refractivity contribution in [2.45, 2.75) is 153 Å². The van der Waals surface area contributed by atoms with E-state index < -0.39 is 0 Å². The summed E-state index contributed by atoms with van der Waals surface area (Å²) in [6.07, 6.45) is 29.4. The Hall–Kier alpha value is -15.2. The molecule has 670 valence electrons. The van der Waals surface area contributed by atoms with Crippen LogP contribution in [0.4, 0.5) is 14.6 Å². The zero-order valence-corrected chi connectivity index (χ0v) is 76.0. The van der Waals surface area contributed by atoms with E-state index in [9.17, 15) is 8.78 Å². The summed E-state index contributed by atoms with van der Waals surface area (Å²) in [6, 6.07) is 56.9. The summed E-state index contributed by atoms with van der Waals surface area (Å²) in [5, 5.41) is 8.90. The topological polar surface area (TPSA) is 254 Å². The number of rotatable bonds is 16. The predicted molar refractivity (Wildman–Crippen MR) is 526 cm³/mol. The number of benzene rings is 5. The van der Waals surface area contributed by atoms with Crippen LogP contribution in [0.5, 0.6) is 5.75 Å². The van der Waals surface area contributed by atoms with Crippen LogP contribution in [0.15, 0.2) is 232 Å². The first kappa shape index (κ1) is 88.1. The van der Waals surface area contributed by atoms with Crippen molar-refractivity contribution in [1.82, 2.24) is 107 Å². The number of aryl methyl sites for hydroxylation is 19. The van der Waals surface area contributed by atoms with Gasteiger partial charge in [-0.3, -0.25) is 23.8 Å². The fourth-order valence-electron chi connectivity index (χ4n) is 18.3. The van der Waals surface area contributed by atoms with Gasteiger partial charge in [0.05, 0.1) is 62.8 Å². The highest BCUT2D eigenvalue weighted by Gasteiger charge is 2.26. The largest absolute Gasteiger partial charge is 0.489 e. The van der Waals surface area contributed by atoms with Gasteiger partial charge in [0, 0.05) is 179 Å². The van der Waals surface area contributed by atoms with Crippen molar-refractivity contribution in [3.05, 3.63) is 357 Å². The molecule has 0 saturated carbocycles. The number of hydrogen-bond donors (Lipinski definition) is 0. The Bertz CT molecular complexity index is 8160. The number of aromatic nitrogens is 22. The minimum Gasteiger partial charge on any atom is -0.489 e. The van der Waals surface area contributed by atoms with E-state index in [0.29, 0.717) is 58.9 Å². The Labute approximate surface area is 777 Å². The SMILES string of the molecule is C.Cc1c(CCc2cnc3ccccc3n2)nc2c3c(ccn12)CCCO3.Cc1c(CCc2ncc3cccc(F)c3n2)nc2c3cccnc3ccn12.Cc1cc(C)nc(CCc2nc3c4ccccc4ccn3c2Cl)n1.Cc1cc(C)nc(CCc2nc3c4ccccc4ccn3c2N2CCCC2)n1.Cc1nc(CCc2nc3c4cccnc4ccn3c2C)nc2c(F)cccc12. The van der Waals surface area contributed by atoms with E-state index in [1.807, 2.05) is 161 Å². The standard InChI is InChI=1S/C23H25N5.C22H18FN5.C21H16FN5.C21H20N4O.C19H17ClN4.CH4/c1-16-15-17(2)25-21(24-16)10-9-20-23(27-12-5-6-13-27)28-14-11-18-7-3-4-8-19(18)22(28)26-20;1-13-15-5-3-7-17(23)21(15)27-20(25-13)9-8-18-14(2)28-12-10-19-16(22(28)26-18)6-4-11-24-19;1-13-17(25-21-15-5-3-10-23-18(15)9-11-27(13)21)7-8-19-24-12-14-4-2-6-16(22)20(14)26-19;1-14-17(9-8-16-13-22-18-6-2-3-7-19(18)23-16)24-21-20-15(5-4-12-26-20)10-11-25(14)21;1-12-11-13(2)22-17(21-12)8-7-16-18(20)24-10-9-14-5-3-4-6-15(14)19(24)23-16;/h3-4,7-8,11,14-15H,5-6,9-10,12-13H2,1-2H3;3-7,10-12H,8-9H2,1-2H3;2-6,9-12H,7-8H2,1H3;2-3,6-7,10-11,13H,4-5,8-9,12H2,1H3;3-6,9-11H,7-8H2,1-2H3;1H4. The van der Waals surface area contributed by atoms with Gasteiger partial charge in [0.1, 0.15) is 79.5 Å². The molecular formula is C107H100ClF2N23O. The molecule has 0 N–H and O–H groups in total. The number of para-hydroxylation sites is 4. The van der Waals surface area contributed by atoms with Gasteiger partial charge in [-0.05, 0) is 221 Å². The lowest BCUT2D eigenvalue weighted by Crippen LogP contribution is -2.21. The molecule has 17 aromatic heterocycles. The molecule has 2 aliphatic rings. The van der Waals surface area contributed by atoms with Crippen molar-refractivity contribution < 1.29 is 13.5 Å². The molecule has 0 bridgehead atoms. The summed E-state index contributed by atoms with van der Waals surface area (Å²) in [7, 11) is 0. The number of imidazole rings is 5. The third-order valence-electron chi connectivity index (χ3n) is 25.0. The smallest absolute Gasteiger partial charge is 0.180 e. The van der Waals surface area contributed by atoms with Crippen LogP contribution in [0, 0.1) is 67.0 Å². The Morgan fingerprint density at radius 1 is 0.343 bits per heavy atom. The summed E-state index contributed by atoms with van der Waals surface area (Å²) >= 11 is 6.55. The maximum Gasteiger partial charge on any atom is 0.180 e. The number of halogens is 3. The lowest BCUT2D eigenvalue weighted by Gasteiger charge is -2.19. The molecule has 0 amide bonds. The molecule has 134 heavy (non-hydrogen) atoms. The Morgan fingerprint density at radius 3 is 1.44 bits per heavy atom. The van der Waals surface area contributed by atoms with Crippen LogP contribution in [0.25, 0.3) is 104 Å². The predicted octanol–water partition coefficient (Wildman–Crippen LogP) is 21.4. The third kappa shape index (κ3) is 18.2. The molecular weight excluding hydrogens is 1700 g/mol. The van der Waals surface area contributed by atoms with E-state index in [-0.39, 0.29) is 19.1 Å². The van der Waals surface area contributed by atoms with Gasteiger partial charge in [-0.25, -0.2) is 78.6 Å². The molecule has 24 nitrogen and oxygen atoms in total. The number of ether oxygens (including phenoxy) is 1. The van der Waals surface area contributed by atoms with E-state index in [2.05, 4.69) is 165 Å². The van der Waals surface area contributed by atoms with Gasteiger partial charge < -0.3 is 22.8 Å². The Morgan fingerprint density at radius 2 is 0.806 bits per heavy atom. The lowest BCUT2D eigenvalue weighted by molar-refractivity contribution is 0.290. The molecule has 27 heteroatoms. The number of nitrogens with zero attached hydrogens (tertiary/aromatic N) is 23. The van der Waals surface area contributed by atoms with Gasteiger partial charge in [0.25, 0.3) is 0 Å². The van der Waals surface area contributed by atoms with Crippen LogP contribution in [-0.4, -0.2) is 126 Å². The second kappa shape index (κ2) is 38.3. The quantitative estimate of drug-likeness (QED) is 0.0871. The second-order valence-electron chi connectivity index (χ2n) is 34.1. The maximum atomic E-state index is 14.1. The van der Waals surface area contributed by atoms with E-state index in [1.54, 1.807) is 30.7 Å². The number of anilines is 1. The monoisotopic (exact) mass is 1800 g/mol. The van der Waals surface area contributed by atoms with Crippen molar-refractivity contribution in [2.24, 2.45) is 0 Å². The van der Waals surface area contributed by atoms with Crippen LogP contribution in [-0.2, 0) is 70.6 Å². The molecule has 0 spiro atoms. The molecule has 5 aromatic carbocycles. The number of pyridine rings is 7. The molecule has 0 radical (unpaired) electrons. The summed E-state index contributed by atoms with van der Waals surface area (Å²) in [5.41, 5.74) is 24.7. The number of fused-ring (bicyclic) bond motifs is 18. The van der Waals surface area contributed by atoms with E-state index in [1.165, 1.54) is 52.8 Å². The molecule has 19 heterocycles. The van der Waals surface area contributed by atoms with Crippen molar-refractivity contribution in [3.8, 4) is 5.75 Å². The first-order chi connectivity index (χ1) is 64.9. The maximum absolute atomic E-state index is 14.1. The van der Waals surface area contributed by atoms with Crippen LogP contribution >= 0.6 is 11.6 Å². The summed E-state index contributed by atoms with van der Waals surface area (Å²) in [4.78, 5) is 81.0. The summed E-state index contributed by atoms with van der Waals surface area (Å²) in [5.74, 6) is 4.58. The highest BCUT2D eigenvalue weighted by molar-refractivity contribution is 6.30. The molecule has 1 saturated heterocycles. The van der Waals surface area contributed by atoms with Crippen LogP contribution in [0.2, 0.25) is 5.15 Å². The fraction of sp³-hybridized carbons (Fsp3) is 0.243. The molecule has 22 aromatic rings. The first-order valence-corrected chi connectivity index (χ1v) is 45.7. The average Bonchev–Trinajstić information content (AvgIpc) is 1.60. The fourth-order valence-corrected chi connectivity index (χ4v) is 18.6. The van der Waals surface area contributed by atoms with Gasteiger partial charge >= 0.3 is 0 Å². The minimum absolute atomic E-state index is 0. The zero-order chi connectivity index (χ0) is 90.9. The van der Waals surface area contributed by atoms with Crippen molar-refractivity contribution in [3.63, 3.8) is 0 Å². The van der Waals surface area contributed by atoms with E-state index in [0.717, 1.165) is 240 Å². The third-order valence-corrected chi connectivity index (χ3v) is 25.4. The van der Waals surface area contributed by atoms with Crippen LogP contribution in [0.3, 0.4) is 0 Å². The molecule has 0 atom stereocenters. The van der Waals surface area contributed by atoms with Crippen LogP contribution in [0.1, 0.15) is 135 Å². The van der Waals surface area contributed by atoms with Gasteiger partial charge in [-0.2, -0.15) is 0 Å². The lowest BCUT2D eigenvalue weighted by atomic mass is 10.1. The highest BCUT2D eigenvalue weighted by Crippen LogP contribution is 2.35. The van der Waals surface area contributed by atoms with Gasteiger partial charge in [-0.1, -0.05) is 104 Å². The van der Waals surface area contributed by atoms with Crippen LogP contribution < -0.4 is 9.64 Å². The Kier molecular flexibility index (Phi) is 25.2. The van der Waals surface area contributed by atoms with Gasteiger partial charge in [0.15, 0.2) is 11.4 Å². The molecule has 0 aliphatic carbocycles. The summed E-state index contributed by atoms with van der Waals surface area (Å²) in [6.45, 7) is 19.2. The molecule has 24 rings (SSSR count). The highest BCUT2D eigenvalue weighted by atomic mass is 35.5. The van der Waals surface area contributed by atoms with Crippen molar-refractivity contribution in [1.29, 1.82) is 0 Å². The van der Waals surface area contributed by atoms with Crippen molar-refractivity contribution >= 4 is 122 Å². The van der Waals surface area contributed by atoms with E-state index >= 15 is 0 Å². The molecule has 1 fully saturated rings. The number of hydrogen-bond acceptors (Lipinski definition) is 19. The minimum atomic E-state index is -0.320.